The SMILES string of the molecule is O=C(NC1(Cc2ccc(F)cc2)CCOCC1)c1ccc(Cn2ccnn2)cc1. The number of carbonyl (C=O) groups is 1. The molecule has 4 rings (SSSR count). The van der Waals surface area contributed by atoms with Gasteiger partial charge in [0.1, 0.15) is 5.82 Å². The van der Waals surface area contributed by atoms with Crippen molar-refractivity contribution < 1.29 is 13.9 Å². The van der Waals surface area contributed by atoms with Crippen LogP contribution in [0.25, 0.3) is 0 Å². The zero-order valence-corrected chi connectivity index (χ0v) is 16.1. The Labute approximate surface area is 168 Å². The maximum absolute atomic E-state index is 13.2. The number of carbonyl (C=O) groups excluding carboxylic acids is 1. The van der Waals surface area contributed by atoms with Gasteiger partial charge in [-0.2, -0.15) is 0 Å². The van der Waals surface area contributed by atoms with Crippen molar-refractivity contribution in [1.82, 2.24) is 20.3 Å². The van der Waals surface area contributed by atoms with E-state index in [2.05, 4.69) is 15.6 Å². The molecule has 0 radical (unpaired) electrons. The van der Waals surface area contributed by atoms with Crippen LogP contribution in [-0.2, 0) is 17.7 Å². The predicted molar refractivity (Wildman–Crippen MR) is 106 cm³/mol. The number of amides is 1. The molecule has 2 aromatic carbocycles. The van der Waals surface area contributed by atoms with Crippen LogP contribution in [0.4, 0.5) is 4.39 Å². The monoisotopic (exact) mass is 394 g/mol. The third-order valence-electron chi connectivity index (χ3n) is 5.32. The number of halogens is 1. The Morgan fingerprint density at radius 3 is 2.41 bits per heavy atom. The van der Waals surface area contributed by atoms with E-state index in [0.29, 0.717) is 31.7 Å². The van der Waals surface area contributed by atoms with Crippen LogP contribution in [0, 0.1) is 5.82 Å². The molecule has 0 saturated carbocycles. The maximum atomic E-state index is 13.2. The second-order valence-corrected chi connectivity index (χ2v) is 7.45. The molecule has 0 atom stereocenters. The second kappa shape index (κ2) is 8.53. The molecule has 1 N–H and O–H groups in total. The number of nitrogens with zero attached hydrogens (tertiary/aromatic N) is 3. The van der Waals surface area contributed by atoms with Gasteiger partial charge in [0.15, 0.2) is 0 Å². The second-order valence-electron chi connectivity index (χ2n) is 7.45. The van der Waals surface area contributed by atoms with Crippen LogP contribution in [0.1, 0.15) is 34.3 Å². The molecule has 1 aliphatic rings. The highest BCUT2D eigenvalue weighted by molar-refractivity contribution is 5.94. The molecule has 150 valence electrons. The molecule has 29 heavy (non-hydrogen) atoms. The van der Waals surface area contributed by atoms with Gasteiger partial charge in [0.05, 0.1) is 12.7 Å². The first-order chi connectivity index (χ1) is 14.1. The lowest BCUT2D eigenvalue weighted by molar-refractivity contribution is 0.0359. The number of benzene rings is 2. The highest BCUT2D eigenvalue weighted by Crippen LogP contribution is 2.26. The van der Waals surface area contributed by atoms with Crippen LogP contribution in [0.2, 0.25) is 0 Å². The summed E-state index contributed by atoms with van der Waals surface area (Å²) in [6.07, 6.45) is 5.52. The summed E-state index contributed by atoms with van der Waals surface area (Å²) in [6, 6.07) is 14.0. The third-order valence-corrected chi connectivity index (χ3v) is 5.32. The summed E-state index contributed by atoms with van der Waals surface area (Å²) in [7, 11) is 0. The zero-order valence-electron chi connectivity index (χ0n) is 16.1. The molecule has 6 nitrogen and oxygen atoms in total. The Morgan fingerprint density at radius 1 is 1.07 bits per heavy atom. The Kier molecular flexibility index (Phi) is 5.67. The summed E-state index contributed by atoms with van der Waals surface area (Å²) >= 11 is 0. The zero-order chi connectivity index (χ0) is 20.1. The fourth-order valence-electron chi connectivity index (χ4n) is 3.68. The normalized spacial score (nSPS) is 15.8. The van der Waals surface area contributed by atoms with Gasteiger partial charge in [-0.25, -0.2) is 9.07 Å². The topological polar surface area (TPSA) is 69.0 Å². The molecule has 2 heterocycles. The molecule has 1 amide bonds. The minimum atomic E-state index is -0.396. The summed E-state index contributed by atoms with van der Waals surface area (Å²) in [4.78, 5) is 13.0. The van der Waals surface area contributed by atoms with Crippen molar-refractivity contribution in [1.29, 1.82) is 0 Å². The predicted octanol–water partition coefficient (Wildman–Crippen LogP) is 2.99. The number of hydrogen-bond acceptors (Lipinski definition) is 4. The largest absolute Gasteiger partial charge is 0.381 e. The first kappa shape index (κ1) is 19.3. The Morgan fingerprint density at radius 2 is 1.76 bits per heavy atom. The van der Waals surface area contributed by atoms with Crippen LogP contribution in [0.15, 0.2) is 60.9 Å². The highest BCUT2D eigenvalue weighted by atomic mass is 19.1. The smallest absolute Gasteiger partial charge is 0.251 e. The molecular formula is C22H23FN4O2. The van der Waals surface area contributed by atoms with Crippen LogP contribution in [-0.4, -0.2) is 39.7 Å². The van der Waals surface area contributed by atoms with Crippen LogP contribution < -0.4 is 5.32 Å². The maximum Gasteiger partial charge on any atom is 0.251 e. The van der Waals surface area contributed by atoms with Gasteiger partial charge in [-0.15, -0.1) is 5.10 Å². The number of nitrogens with one attached hydrogen (secondary N) is 1. The Bertz CT molecular complexity index is 934. The molecule has 0 aliphatic carbocycles. The van der Waals surface area contributed by atoms with Gasteiger partial charge in [0, 0.05) is 30.5 Å². The van der Waals surface area contributed by atoms with E-state index >= 15 is 0 Å². The fourth-order valence-corrected chi connectivity index (χ4v) is 3.68. The molecule has 3 aromatic rings. The van der Waals surface area contributed by atoms with Crippen molar-refractivity contribution in [3.8, 4) is 0 Å². The van der Waals surface area contributed by atoms with Crippen molar-refractivity contribution in [2.45, 2.75) is 31.3 Å². The minimum absolute atomic E-state index is 0.110. The quantitative estimate of drug-likeness (QED) is 0.698. The Hall–Kier alpha value is -3.06. The van der Waals surface area contributed by atoms with E-state index in [1.54, 1.807) is 29.2 Å². The summed E-state index contributed by atoms with van der Waals surface area (Å²) < 4.78 is 20.5. The van der Waals surface area contributed by atoms with Gasteiger partial charge in [-0.05, 0) is 54.7 Å². The molecule has 0 unspecified atom stereocenters. The molecule has 1 aromatic heterocycles. The lowest BCUT2D eigenvalue weighted by Crippen LogP contribution is -2.53. The van der Waals surface area contributed by atoms with E-state index in [1.165, 1.54) is 12.1 Å². The Balaban J connectivity index is 1.46. The van der Waals surface area contributed by atoms with Crippen LogP contribution in [0.5, 0.6) is 0 Å². The van der Waals surface area contributed by atoms with Crippen molar-refractivity contribution in [2.75, 3.05) is 13.2 Å². The van der Waals surface area contributed by atoms with Gasteiger partial charge in [-0.1, -0.05) is 29.5 Å². The van der Waals surface area contributed by atoms with Crippen molar-refractivity contribution in [2.24, 2.45) is 0 Å². The summed E-state index contributed by atoms with van der Waals surface area (Å²) in [6.45, 7) is 1.80. The van der Waals surface area contributed by atoms with Gasteiger partial charge in [0.25, 0.3) is 5.91 Å². The average Bonchev–Trinajstić information content (AvgIpc) is 3.24. The van der Waals surface area contributed by atoms with Crippen molar-refractivity contribution in [3.05, 3.63) is 83.4 Å². The van der Waals surface area contributed by atoms with Crippen molar-refractivity contribution in [3.63, 3.8) is 0 Å². The molecular weight excluding hydrogens is 371 g/mol. The third kappa shape index (κ3) is 4.86. The molecule has 0 spiro atoms. The molecule has 1 saturated heterocycles. The number of ether oxygens (including phenoxy) is 1. The number of aromatic nitrogens is 3. The molecule has 1 aliphatic heterocycles. The van der Waals surface area contributed by atoms with E-state index in [0.717, 1.165) is 24.0 Å². The van der Waals surface area contributed by atoms with Crippen LogP contribution in [0.3, 0.4) is 0 Å². The van der Waals surface area contributed by atoms with E-state index in [-0.39, 0.29) is 11.7 Å². The highest BCUT2D eigenvalue weighted by Gasteiger charge is 2.34. The molecule has 0 bridgehead atoms. The first-order valence-corrected chi connectivity index (χ1v) is 9.70. The average molecular weight is 394 g/mol. The van der Waals surface area contributed by atoms with Gasteiger partial charge >= 0.3 is 0 Å². The lowest BCUT2D eigenvalue weighted by Gasteiger charge is -2.38. The molecule has 7 heteroatoms. The summed E-state index contributed by atoms with van der Waals surface area (Å²) in [5.74, 6) is -0.369. The van der Waals surface area contributed by atoms with Crippen LogP contribution >= 0.6 is 0 Å². The summed E-state index contributed by atoms with van der Waals surface area (Å²) in [5.41, 5.74) is 2.25. The van der Waals surface area contributed by atoms with Gasteiger partial charge in [-0.3, -0.25) is 4.79 Å². The standard InChI is InChI=1S/C22H23FN4O2/c23-20-7-3-17(4-8-20)15-22(9-13-29-14-10-22)25-21(28)19-5-1-18(2-6-19)16-27-12-11-24-26-27/h1-8,11-12H,9-10,13-16H2,(H,25,28). The van der Waals surface area contributed by atoms with E-state index in [4.69, 9.17) is 4.74 Å². The first-order valence-electron chi connectivity index (χ1n) is 9.70. The van der Waals surface area contributed by atoms with E-state index in [1.807, 2.05) is 24.3 Å². The van der Waals surface area contributed by atoms with Crippen molar-refractivity contribution >= 4 is 5.91 Å². The fraction of sp³-hybridized carbons (Fsp3) is 0.318. The lowest BCUT2D eigenvalue weighted by atomic mass is 9.83. The minimum Gasteiger partial charge on any atom is -0.381 e. The van der Waals surface area contributed by atoms with E-state index < -0.39 is 5.54 Å². The summed E-state index contributed by atoms with van der Waals surface area (Å²) in [5, 5.41) is 11.0. The van der Waals surface area contributed by atoms with Gasteiger partial charge in [0.2, 0.25) is 0 Å². The van der Waals surface area contributed by atoms with Gasteiger partial charge < -0.3 is 10.1 Å². The van der Waals surface area contributed by atoms with E-state index in [9.17, 15) is 9.18 Å². The number of rotatable bonds is 6. The number of hydrogen-bond donors (Lipinski definition) is 1. The molecule has 1 fully saturated rings.